The third kappa shape index (κ3) is 1.53. The molecule has 0 aliphatic rings. The van der Waals surface area contributed by atoms with E-state index in [1.165, 1.54) is 0 Å². The van der Waals surface area contributed by atoms with Crippen LogP contribution >= 0.6 is 46.6 Å². The lowest BCUT2D eigenvalue weighted by atomic mass is 10.2. The number of rotatable bonds is 1. The molecule has 2 rings (SSSR count). The van der Waals surface area contributed by atoms with Crippen LogP contribution in [0.3, 0.4) is 0 Å². The van der Waals surface area contributed by atoms with E-state index < -0.39 is 5.97 Å². The van der Waals surface area contributed by atoms with Gasteiger partial charge in [0.05, 0.1) is 5.56 Å². The van der Waals surface area contributed by atoms with Crippen molar-refractivity contribution in [1.82, 2.24) is 0 Å². The molecular weight excluding hydrogens is 331 g/mol. The molecule has 0 saturated carbocycles. The van der Waals surface area contributed by atoms with E-state index in [0.29, 0.717) is 5.56 Å². The van der Waals surface area contributed by atoms with Gasteiger partial charge in [-0.1, -0.05) is 0 Å². The molecule has 5 heteroatoms. The summed E-state index contributed by atoms with van der Waals surface area (Å²) in [5.74, 6) is -0.893. The van der Waals surface area contributed by atoms with Gasteiger partial charge >= 0.3 is 5.97 Å². The highest BCUT2D eigenvalue weighted by Crippen LogP contribution is 2.34. The maximum atomic E-state index is 10.9. The van der Waals surface area contributed by atoms with Crippen LogP contribution < -0.4 is 0 Å². The number of benzene rings is 1. The average molecular weight is 336 g/mol. The van der Waals surface area contributed by atoms with Gasteiger partial charge in [0.15, 0.2) is 0 Å². The molecule has 2 nitrogen and oxygen atoms in total. The fourth-order valence-electron chi connectivity index (χ4n) is 1.24. The Labute approximate surface area is 103 Å². The highest BCUT2D eigenvalue weighted by atomic mass is 127. The molecule has 1 aromatic heterocycles. The van der Waals surface area contributed by atoms with Gasteiger partial charge in [-0.05, 0) is 34.7 Å². The lowest BCUT2D eigenvalue weighted by Crippen LogP contribution is -1.99. The molecule has 1 heterocycles. The Bertz CT molecular complexity index is 519. The molecule has 0 atom stereocenters. The number of carboxylic acid groups (broad SMARTS) is 1. The second-order valence-electron chi connectivity index (χ2n) is 2.73. The van der Waals surface area contributed by atoms with Gasteiger partial charge < -0.3 is 5.11 Å². The molecule has 0 aliphatic carbocycles. The third-order valence-electron chi connectivity index (χ3n) is 1.89. The van der Waals surface area contributed by atoms with Crippen LogP contribution in [0.1, 0.15) is 10.4 Å². The molecule has 2 aromatic rings. The quantitative estimate of drug-likeness (QED) is 0.618. The number of carbonyl (C=O) groups is 1. The predicted octanol–water partition coefficient (Wildman–Crippen LogP) is 3.49. The van der Waals surface area contributed by atoms with Crippen LogP contribution in [0.5, 0.6) is 0 Å². The summed E-state index contributed by atoms with van der Waals surface area (Å²) in [5, 5.41) is 11.8. The summed E-state index contributed by atoms with van der Waals surface area (Å²) in [7, 11) is 0. The molecule has 72 valence electrons. The van der Waals surface area contributed by atoms with Crippen LogP contribution in [0.4, 0.5) is 0 Å². The Morgan fingerprint density at radius 1 is 1.50 bits per heavy atom. The third-order valence-corrected chi connectivity index (χ3v) is 4.48. The zero-order valence-electron chi connectivity index (χ0n) is 6.82. The largest absolute Gasteiger partial charge is 0.478 e. The van der Waals surface area contributed by atoms with E-state index in [2.05, 4.69) is 35.2 Å². The Balaban J connectivity index is 2.86. The first-order valence-corrected chi connectivity index (χ1v) is 6.14. The van der Waals surface area contributed by atoms with E-state index >= 15 is 0 Å². The second-order valence-corrected chi connectivity index (χ2v) is 5.20. The van der Waals surface area contributed by atoms with Crippen molar-refractivity contribution in [3.05, 3.63) is 26.6 Å². The Morgan fingerprint density at radius 2 is 2.21 bits per heavy atom. The molecular formula is C9H5IO2S2. The lowest BCUT2D eigenvalue weighted by molar-refractivity contribution is 0.0696. The van der Waals surface area contributed by atoms with Crippen molar-refractivity contribution in [1.29, 1.82) is 0 Å². The molecule has 0 bridgehead atoms. The van der Waals surface area contributed by atoms with Crippen molar-refractivity contribution in [3.8, 4) is 0 Å². The topological polar surface area (TPSA) is 37.3 Å². The molecule has 0 aliphatic heterocycles. The second kappa shape index (κ2) is 3.71. The van der Waals surface area contributed by atoms with Gasteiger partial charge in [-0.15, -0.1) is 24.0 Å². The van der Waals surface area contributed by atoms with Gasteiger partial charge in [-0.2, -0.15) is 0 Å². The molecule has 0 fully saturated rings. The SMILES string of the molecule is O=C(O)c1ccc2scc(S)c2c1I. The molecule has 0 saturated heterocycles. The van der Waals surface area contributed by atoms with Gasteiger partial charge in [0.25, 0.3) is 0 Å². The lowest BCUT2D eigenvalue weighted by Gasteiger charge is -2.00. The van der Waals surface area contributed by atoms with Crippen molar-refractivity contribution in [3.63, 3.8) is 0 Å². The van der Waals surface area contributed by atoms with E-state index in [9.17, 15) is 4.79 Å². The summed E-state index contributed by atoms with van der Waals surface area (Å²) < 4.78 is 1.84. The highest BCUT2D eigenvalue weighted by molar-refractivity contribution is 14.1. The van der Waals surface area contributed by atoms with Crippen molar-refractivity contribution in [2.75, 3.05) is 0 Å². The standard InChI is InChI=1S/C9H5IO2S2/c10-8-4(9(11)12)1-2-6-7(8)5(13)3-14-6/h1-3,13H,(H,11,12). The molecule has 0 radical (unpaired) electrons. The van der Waals surface area contributed by atoms with Crippen LogP contribution in [0.2, 0.25) is 0 Å². The first kappa shape index (κ1) is 10.3. The summed E-state index contributed by atoms with van der Waals surface area (Å²) in [6.45, 7) is 0. The molecule has 1 N–H and O–H groups in total. The zero-order chi connectivity index (χ0) is 10.3. The fourth-order valence-corrected chi connectivity index (χ4v) is 3.93. The van der Waals surface area contributed by atoms with E-state index in [1.807, 2.05) is 11.4 Å². The minimum Gasteiger partial charge on any atom is -0.478 e. The maximum Gasteiger partial charge on any atom is 0.336 e. The zero-order valence-corrected chi connectivity index (χ0v) is 10.7. The highest BCUT2D eigenvalue weighted by Gasteiger charge is 2.13. The summed E-state index contributed by atoms with van der Waals surface area (Å²) in [5.41, 5.74) is 0.340. The number of thiophene rings is 1. The monoisotopic (exact) mass is 336 g/mol. The van der Waals surface area contributed by atoms with Gasteiger partial charge in [-0.25, -0.2) is 4.79 Å². The summed E-state index contributed by atoms with van der Waals surface area (Å²) in [6.07, 6.45) is 0. The number of carboxylic acids is 1. The van der Waals surface area contributed by atoms with Crippen molar-refractivity contribution < 1.29 is 9.90 Å². The Kier molecular flexibility index (Phi) is 2.72. The molecule has 1 aromatic carbocycles. The van der Waals surface area contributed by atoms with Crippen molar-refractivity contribution >= 4 is 62.6 Å². The predicted molar refractivity (Wildman–Crippen MR) is 68.8 cm³/mol. The van der Waals surface area contributed by atoms with Gasteiger partial charge in [0.1, 0.15) is 0 Å². The van der Waals surface area contributed by atoms with Crippen LogP contribution in [0.25, 0.3) is 10.1 Å². The minimum atomic E-state index is -0.893. The number of halogens is 1. The first-order chi connectivity index (χ1) is 6.61. The smallest absolute Gasteiger partial charge is 0.336 e. The number of thiol groups is 1. The van der Waals surface area contributed by atoms with Crippen LogP contribution in [-0.2, 0) is 0 Å². The first-order valence-electron chi connectivity index (χ1n) is 3.73. The van der Waals surface area contributed by atoms with Crippen molar-refractivity contribution in [2.45, 2.75) is 4.90 Å². The van der Waals surface area contributed by atoms with Crippen molar-refractivity contribution in [2.24, 2.45) is 0 Å². The number of fused-ring (bicyclic) bond motifs is 1. The molecule has 0 spiro atoms. The number of hydrogen-bond acceptors (Lipinski definition) is 3. The van der Waals surface area contributed by atoms with E-state index in [1.54, 1.807) is 17.4 Å². The van der Waals surface area contributed by atoms with Crippen LogP contribution in [0, 0.1) is 3.57 Å². The fraction of sp³-hybridized carbons (Fsp3) is 0. The Morgan fingerprint density at radius 3 is 2.86 bits per heavy atom. The van der Waals surface area contributed by atoms with Gasteiger partial charge in [0, 0.05) is 23.9 Å². The summed E-state index contributed by atoms with van der Waals surface area (Å²) >= 11 is 7.93. The average Bonchev–Trinajstić information content (AvgIpc) is 2.48. The summed E-state index contributed by atoms with van der Waals surface area (Å²) in [4.78, 5) is 11.7. The maximum absolute atomic E-state index is 10.9. The van der Waals surface area contributed by atoms with E-state index in [4.69, 9.17) is 5.11 Å². The summed E-state index contributed by atoms with van der Waals surface area (Å²) in [6, 6.07) is 3.46. The Hall–Kier alpha value is -0.270. The van der Waals surface area contributed by atoms with Gasteiger partial charge in [0.2, 0.25) is 0 Å². The van der Waals surface area contributed by atoms with E-state index in [0.717, 1.165) is 18.6 Å². The number of aromatic carboxylic acids is 1. The van der Waals surface area contributed by atoms with Gasteiger partial charge in [-0.3, -0.25) is 0 Å². The van der Waals surface area contributed by atoms with Crippen LogP contribution in [0.15, 0.2) is 22.4 Å². The molecule has 0 unspecified atom stereocenters. The molecule has 14 heavy (non-hydrogen) atoms. The van der Waals surface area contributed by atoms with E-state index in [-0.39, 0.29) is 0 Å². The van der Waals surface area contributed by atoms with Crippen LogP contribution in [-0.4, -0.2) is 11.1 Å². The minimum absolute atomic E-state index is 0.340. The normalized spacial score (nSPS) is 10.7. The number of hydrogen-bond donors (Lipinski definition) is 2. The molecule has 0 amide bonds.